The molecule has 10 heteroatoms. The minimum atomic E-state index is -3.76. The van der Waals surface area contributed by atoms with Crippen LogP contribution in [0, 0.1) is 0 Å². The van der Waals surface area contributed by atoms with Gasteiger partial charge in [0, 0.05) is 0 Å². The van der Waals surface area contributed by atoms with Crippen molar-refractivity contribution in [3.05, 3.63) is 74.8 Å². The summed E-state index contributed by atoms with van der Waals surface area (Å²) in [5, 5.41) is 0. The second-order valence-corrected chi connectivity index (χ2v) is 9.76. The molecule has 7 nitrogen and oxygen atoms in total. The van der Waals surface area contributed by atoms with Gasteiger partial charge in [-0.2, -0.15) is 0 Å². The summed E-state index contributed by atoms with van der Waals surface area (Å²) in [4.78, 5) is 24.5. The second kappa shape index (κ2) is 8.82. The molecule has 0 bridgehead atoms. The fourth-order valence-electron chi connectivity index (χ4n) is 2.18. The first kappa shape index (κ1) is 20.5. The Hall–Kier alpha value is -2.27. The van der Waals surface area contributed by atoms with E-state index >= 15 is 0 Å². The molecule has 0 aliphatic rings. The number of furan rings is 1. The van der Waals surface area contributed by atoms with E-state index < -0.39 is 22.6 Å². The van der Waals surface area contributed by atoms with Gasteiger partial charge >= 0.3 is 5.97 Å². The highest BCUT2D eigenvalue weighted by atomic mass is 79.9. The number of hydrogen-bond donors (Lipinski definition) is 1. The molecule has 28 heavy (non-hydrogen) atoms. The number of ether oxygens (including phenoxy) is 1. The lowest BCUT2D eigenvalue weighted by Gasteiger charge is -2.07. The Kier molecular flexibility index (Phi) is 6.45. The molecule has 0 amide bonds. The number of Topliss-reactive ketones (excluding diaryl/α,β-unsaturated/α-hetero) is 1. The molecule has 3 rings (SSSR count). The highest BCUT2D eigenvalue weighted by Gasteiger charge is 2.17. The van der Waals surface area contributed by atoms with E-state index in [0.717, 1.165) is 3.79 Å². The maximum atomic E-state index is 12.3. The first-order valence-corrected chi connectivity index (χ1v) is 11.0. The minimum absolute atomic E-state index is 0.00452. The van der Waals surface area contributed by atoms with Crippen LogP contribution in [0.15, 0.2) is 67.9 Å². The minimum Gasteiger partial charge on any atom is -0.468 e. The number of nitrogens with one attached hydrogen (secondary N) is 1. The third-order valence-electron chi connectivity index (χ3n) is 3.60. The Morgan fingerprint density at radius 3 is 2.46 bits per heavy atom. The quantitative estimate of drug-likeness (QED) is 0.387. The first-order valence-electron chi connectivity index (χ1n) is 7.93. The zero-order valence-corrected chi connectivity index (χ0v) is 17.5. The van der Waals surface area contributed by atoms with Gasteiger partial charge in [0.2, 0.25) is 15.8 Å². The number of thiophene rings is 1. The molecule has 1 aromatic carbocycles. The average molecular weight is 484 g/mol. The second-order valence-electron chi connectivity index (χ2n) is 5.53. The van der Waals surface area contributed by atoms with E-state index in [1.807, 2.05) is 0 Å². The van der Waals surface area contributed by atoms with Crippen LogP contribution in [-0.4, -0.2) is 26.8 Å². The molecular formula is C18H14BrNO6S2. The summed E-state index contributed by atoms with van der Waals surface area (Å²) in [7, 11) is -3.76. The molecule has 1 N–H and O–H groups in total. The zero-order valence-electron chi connectivity index (χ0n) is 14.3. The van der Waals surface area contributed by atoms with Gasteiger partial charge in [0.15, 0.2) is 6.61 Å². The van der Waals surface area contributed by atoms with Gasteiger partial charge in [0.1, 0.15) is 5.76 Å². The summed E-state index contributed by atoms with van der Waals surface area (Å²) < 4.78 is 37.8. The average Bonchev–Trinajstić information content (AvgIpc) is 3.36. The van der Waals surface area contributed by atoms with E-state index in [2.05, 4.69) is 20.7 Å². The van der Waals surface area contributed by atoms with Crippen molar-refractivity contribution in [2.75, 3.05) is 6.61 Å². The van der Waals surface area contributed by atoms with Crippen molar-refractivity contribution in [3.8, 4) is 0 Å². The Balaban J connectivity index is 1.58. The molecule has 146 valence electrons. The molecule has 0 atom stereocenters. The largest absolute Gasteiger partial charge is 0.468 e. The number of sulfonamides is 1. The van der Waals surface area contributed by atoms with Crippen molar-refractivity contribution < 1.29 is 27.2 Å². The van der Waals surface area contributed by atoms with E-state index in [4.69, 9.17) is 9.15 Å². The van der Waals surface area contributed by atoms with Crippen molar-refractivity contribution >= 4 is 49.0 Å². The molecule has 0 unspecified atom stereocenters. The molecule has 0 saturated carbocycles. The van der Waals surface area contributed by atoms with E-state index in [-0.39, 0.29) is 22.8 Å². The van der Waals surface area contributed by atoms with E-state index in [9.17, 15) is 18.0 Å². The number of halogens is 1. The maximum Gasteiger partial charge on any atom is 0.338 e. The van der Waals surface area contributed by atoms with Crippen LogP contribution in [0.2, 0.25) is 0 Å². The van der Waals surface area contributed by atoms with Crippen LogP contribution < -0.4 is 4.72 Å². The standard InChI is InChI=1S/C18H14BrNO6S2/c19-17-8-7-16(27-17)15(21)11-26-18(22)12-3-5-14(6-4-12)28(23,24)20-10-13-2-1-9-25-13/h1-9,20H,10-11H2. The van der Waals surface area contributed by atoms with Crippen LogP contribution in [0.4, 0.5) is 0 Å². The molecule has 3 aromatic rings. The van der Waals surface area contributed by atoms with Crippen LogP contribution in [0.3, 0.4) is 0 Å². The lowest BCUT2D eigenvalue weighted by atomic mass is 10.2. The number of carbonyl (C=O) groups excluding carboxylic acids is 2. The Morgan fingerprint density at radius 1 is 1.11 bits per heavy atom. The predicted molar refractivity (Wildman–Crippen MR) is 106 cm³/mol. The third-order valence-corrected chi connectivity index (χ3v) is 6.68. The van der Waals surface area contributed by atoms with Gasteiger partial charge < -0.3 is 9.15 Å². The molecule has 0 radical (unpaired) electrons. The molecule has 0 fully saturated rings. The maximum absolute atomic E-state index is 12.3. The zero-order chi connectivity index (χ0) is 20.1. The van der Waals surface area contributed by atoms with Crippen molar-refractivity contribution in [1.29, 1.82) is 0 Å². The van der Waals surface area contributed by atoms with E-state index in [0.29, 0.717) is 10.6 Å². The Morgan fingerprint density at radius 2 is 1.86 bits per heavy atom. The van der Waals surface area contributed by atoms with Gasteiger partial charge in [-0.15, -0.1) is 11.3 Å². The predicted octanol–water partition coefficient (Wildman–Crippen LogP) is 3.62. The van der Waals surface area contributed by atoms with E-state index in [1.54, 1.807) is 24.3 Å². The molecular weight excluding hydrogens is 470 g/mol. The lowest BCUT2D eigenvalue weighted by molar-refractivity contribution is 0.0475. The number of rotatable bonds is 8. The Bertz CT molecular complexity index is 1070. The fraction of sp³-hybridized carbons (Fsp3) is 0.111. The number of hydrogen-bond acceptors (Lipinski definition) is 7. The molecule has 2 aromatic heterocycles. The normalized spacial score (nSPS) is 11.3. The summed E-state index contributed by atoms with van der Waals surface area (Å²) in [5.74, 6) is -0.548. The Labute approximate surface area is 173 Å². The number of carbonyl (C=O) groups is 2. The smallest absolute Gasteiger partial charge is 0.338 e. The molecule has 0 spiro atoms. The number of benzene rings is 1. The molecule has 0 aliphatic carbocycles. The van der Waals surface area contributed by atoms with Crippen LogP contribution >= 0.6 is 27.3 Å². The van der Waals surface area contributed by atoms with Gasteiger partial charge in [-0.1, -0.05) is 0 Å². The van der Waals surface area contributed by atoms with Crippen LogP contribution in [0.25, 0.3) is 0 Å². The molecule has 2 heterocycles. The van der Waals surface area contributed by atoms with Crippen molar-refractivity contribution in [1.82, 2.24) is 4.72 Å². The van der Waals surface area contributed by atoms with Crippen molar-refractivity contribution in [2.24, 2.45) is 0 Å². The number of esters is 1. The van der Waals surface area contributed by atoms with Gasteiger partial charge in [0.25, 0.3) is 0 Å². The first-order chi connectivity index (χ1) is 13.3. The van der Waals surface area contributed by atoms with E-state index in [1.165, 1.54) is 41.9 Å². The number of ketones is 1. The monoisotopic (exact) mass is 483 g/mol. The summed E-state index contributed by atoms with van der Waals surface area (Å²) in [6, 6.07) is 11.9. The van der Waals surface area contributed by atoms with Crippen molar-refractivity contribution in [2.45, 2.75) is 11.4 Å². The van der Waals surface area contributed by atoms with Gasteiger partial charge in [-0.3, -0.25) is 4.79 Å². The van der Waals surface area contributed by atoms with Gasteiger partial charge in [-0.05, 0) is 64.5 Å². The van der Waals surface area contributed by atoms with Crippen molar-refractivity contribution in [3.63, 3.8) is 0 Å². The van der Waals surface area contributed by atoms with Crippen LogP contribution in [0.5, 0.6) is 0 Å². The van der Waals surface area contributed by atoms with Crippen LogP contribution in [0.1, 0.15) is 25.8 Å². The third kappa shape index (κ3) is 5.16. The van der Waals surface area contributed by atoms with Crippen LogP contribution in [-0.2, 0) is 21.3 Å². The fourth-order valence-corrected chi connectivity index (χ4v) is 4.49. The van der Waals surface area contributed by atoms with Gasteiger partial charge in [0.05, 0.1) is 31.9 Å². The van der Waals surface area contributed by atoms with Gasteiger partial charge in [-0.25, -0.2) is 17.9 Å². The molecule has 0 saturated heterocycles. The summed E-state index contributed by atoms with van der Waals surface area (Å²) in [6.45, 7) is -0.378. The summed E-state index contributed by atoms with van der Waals surface area (Å²) >= 11 is 4.51. The SMILES string of the molecule is O=C(OCC(=O)c1ccc(Br)s1)c1ccc(S(=O)(=O)NCc2ccco2)cc1. The molecule has 0 aliphatic heterocycles. The summed E-state index contributed by atoms with van der Waals surface area (Å²) in [5.41, 5.74) is 0.144. The topological polar surface area (TPSA) is 103 Å². The highest BCUT2D eigenvalue weighted by Crippen LogP contribution is 2.22. The lowest BCUT2D eigenvalue weighted by Crippen LogP contribution is -2.23. The highest BCUT2D eigenvalue weighted by molar-refractivity contribution is 9.11. The summed E-state index contributed by atoms with van der Waals surface area (Å²) in [6.07, 6.45) is 1.45.